The SMILES string of the molecule is CCOC(=O)CCC(=O)N1C[C@@H](C(=O)NC)Oc2ccccc21. The number of fused-ring (bicyclic) bond motifs is 1. The molecular weight excluding hydrogens is 300 g/mol. The van der Waals surface area contributed by atoms with Gasteiger partial charge < -0.3 is 19.7 Å². The van der Waals surface area contributed by atoms with Gasteiger partial charge in [-0.2, -0.15) is 0 Å². The molecule has 1 aliphatic heterocycles. The highest BCUT2D eigenvalue weighted by atomic mass is 16.5. The van der Waals surface area contributed by atoms with Gasteiger partial charge in [0.25, 0.3) is 5.91 Å². The van der Waals surface area contributed by atoms with Crippen molar-refractivity contribution >= 4 is 23.5 Å². The summed E-state index contributed by atoms with van der Waals surface area (Å²) in [4.78, 5) is 37.2. The van der Waals surface area contributed by atoms with Gasteiger partial charge in [0.2, 0.25) is 5.91 Å². The number of nitrogens with zero attached hydrogens (tertiary/aromatic N) is 1. The van der Waals surface area contributed by atoms with Crippen LogP contribution in [-0.2, 0) is 19.1 Å². The van der Waals surface area contributed by atoms with Crippen LogP contribution in [0.5, 0.6) is 5.75 Å². The average Bonchev–Trinajstić information content (AvgIpc) is 2.58. The fourth-order valence-electron chi connectivity index (χ4n) is 2.35. The quantitative estimate of drug-likeness (QED) is 0.814. The Labute approximate surface area is 134 Å². The first kappa shape index (κ1) is 16.8. The second-order valence-corrected chi connectivity index (χ2v) is 5.00. The third kappa shape index (κ3) is 4.00. The molecule has 1 aromatic carbocycles. The lowest BCUT2D eigenvalue weighted by molar-refractivity contribution is -0.144. The van der Waals surface area contributed by atoms with Crippen LogP contribution in [0.3, 0.4) is 0 Å². The van der Waals surface area contributed by atoms with Crippen LogP contribution in [0.2, 0.25) is 0 Å². The van der Waals surface area contributed by atoms with Crippen LogP contribution in [0.25, 0.3) is 0 Å². The molecule has 0 aliphatic carbocycles. The Hall–Kier alpha value is -2.57. The van der Waals surface area contributed by atoms with E-state index in [1.807, 2.05) is 0 Å². The van der Waals surface area contributed by atoms with Crippen molar-refractivity contribution in [1.29, 1.82) is 0 Å². The van der Waals surface area contributed by atoms with Crippen molar-refractivity contribution in [3.63, 3.8) is 0 Å². The normalized spacial score (nSPS) is 16.1. The fourth-order valence-corrected chi connectivity index (χ4v) is 2.35. The van der Waals surface area contributed by atoms with E-state index in [0.29, 0.717) is 11.4 Å². The van der Waals surface area contributed by atoms with Crippen LogP contribution in [0.1, 0.15) is 19.8 Å². The molecule has 0 fully saturated rings. The second kappa shape index (κ2) is 7.62. The van der Waals surface area contributed by atoms with Crippen molar-refractivity contribution in [2.75, 3.05) is 25.1 Å². The molecule has 0 radical (unpaired) electrons. The highest BCUT2D eigenvalue weighted by molar-refractivity contribution is 5.98. The number of esters is 1. The number of para-hydroxylation sites is 2. The van der Waals surface area contributed by atoms with Gasteiger partial charge in [-0.1, -0.05) is 12.1 Å². The van der Waals surface area contributed by atoms with Gasteiger partial charge >= 0.3 is 5.97 Å². The zero-order valence-corrected chi connectivity index (χ0v) is 13.2. The number of carbonyl (C=O) groups is 3. The molecule has 0 aromatic heterocycles. The highest BCUT2D eigenvalue weighted by Gasteiger charge is 2.33. The van der Waals surface area contributed by atoms with Gasteiger partial charge in [-0.05, 0) is 19.1 Å². The van der Waals surface area contributed by atoms with E-state index in [2.05, 4.69) is 5.32 Å². The minimum atomic E-state index is -0.776. The van der Waals surface area contributed by atoms with Gasteiger partial charge in [-0.3, -0.25) is 14.4 Å². The van der Waals surface area contributed by atoms with Gasteiger partial charge in [-0.15, -0.1) is 0 Å². The zero-order valence-electron chi connectivity index (χ0n) is 13.2. The lowest BCUT2D eigenvalue weighted by atomic mass is 10.1. The molecule has 7 nitrogen and oxygen atoms in total. The summed E-state index contributed by atoms with van der Waals surface area (Å²) >= 11 is 0. The van der Waals surface area contributed by atoms with E-state index in [-0.39, 0.29) is 37.8 Å². The first-order valence-electron chi connectivity index (χ1n) is 7.50. The van der Waals surface area contributed by atoms with E-state index in [1.54, 1.807) is 31.2 Å². The van der Waals surface area contributed by atoms with Gasteiger partial charge in [0.05, 0.1) is 25.3 Å². The number of hydrogen-bond donors (Lipinski definition) is 1. The number of ether oxygens (including phenoxy) is 2. The molecule has 124 valence electrons. The Morgan fingerprint density at radius 3 is 2.74 bits per heavy atom. The molecule has 2 rings (SSSR count). The third-order valence-electron chi connectivity index (χ3n) is 3.46. The Kier molecular flexibility index (Phi) is 5.56. The molecule has 0 bridgehead atoms. The molecule has 1 atom stereocenters. The molecule has 0 saturated carbocycles. The molecular formula is C16H20N2O5. The Bertz CT molecular complexity index is 602. The largest absolute Gasteiger partial charge is 0.477 e. The number of anilines is 1. The number of amides is 2. The smallest absolute Gasteiger partial charge is 0.306 e. The summed E-state index contributed by atoms with van der Waals surface area (Å²) in [6.07, 6.45) is -0.744. The van der Waals surface area contributed by atoms with E-state index < -0.39 is 12.1 Å². The molecule has 0 spiro atoms. The molecule has 23 heavy (non-hydrogen) atoms. The molecule has 0 unspecified atom stereocenters. The fraction of sp³-hybridized carbons (Fsp3) is 0.438. The number of rotatable bonds is 5. The first-order valence-corrected chi connectivity index (χ1v) is 7.50. The second-order valence-electron chi connectivity index (χ2n) is 5.00. The van der Waals surface area contributed by atoms with E-state index in [9.17, 15) is 14.4 Å². The molecule has 1 N–H and O–H groups in total. The molecule has 2 amide bonds. The van der Waals surface area contributed by atoms with Crippen molar-refractivity contribution in [3.8, 4) is 5.75 Å². The van der Waals surface area contributed by atoms with Crippen LogP contribution < -0.4 is 15.0 Å². The molecule has 1 heterocycles. The zero-order chi connectivity index (χ0) is 16.8. The lowest BCUT2D eigenvalue weighted by Crippen LogP contribution is -2.50. The topological polar surface area (TPSA) is 84.9 Å². The standard InChI is InChI=1S/C16H20N2O5/c1-3-22-15(20)9-8-14(19)18-10-13(16(21)17-2)23-12-7-5-4-6-11(12)18/h4-7,13H,3,8-10H2,1-2H3,(H,17,21)/t13-/m0/s1. The summed E-state index contributed by atoms with van der Waals surface area (Å²) in [6, 6.07) is 7.01. The van der Waals surface area contributed by atoms with Crippen LogP contribution >= 0.6 is 0 Å². The number of nitrogens with one attached hydrogen (secondary N) is 1. The number of benzene rings is 1. The average molecular weight is 320 g/mol. The van der Waals surface area contributed by atoms with Gasteiger partial charge in [0, 0.05) is 13.5 Å². The summed E-state index contributed by atoms with van der Waals surface area (Å²) in [5, 5.41) is 2.52. The molecule has 1 aromatic rings. The summed E-state index contributed by atoms with van der Waals surface area (Å²) in [5.41, 5.74) is 0.599. The van der Waals surface area contributed by atoms with E-state index in [0.717, 1.165) is 0 Å². The first-order chi connectivity index (χ1) is 11.1. The van der Waals surface area contributed by atoms with Crippen molar-refractivity contribution in [2.24, 2.45) is 0 Å². The Balaban J connectivity index is 2.13. The lowest BCUT2D eigenvalue weighted by Gasteiger charge is -2.34. The maximum absolute atomic E-state index is 12.5. The van der Waals surface area contributed by atoms with Crippen molar-refractivity contribution in [3.05, 3.63) is 24.3 Å². The minimum Gasteiger partial charge on any atom is -0.477 e. The van der Waals surface area contributed by atoms with Crippen LogP contribution in [0.15, 0.2) is 24.3 Å². The van der Waals surface area contributed by atoms with Gasteiger partial charge in [0.15, 0.2) is 6.10 Å². The van der Waals surface area contributed by atoms with Gasteiger partial charge in [-0.25, -0.2) is 0 Å². The van der Waals surface area contributed by atoms with E-state index >= 15 is 0 Å². The van der Waals surface area contributed by atoms with Crippen molar-refractivity contribution < 1.29 is 23.9 Å². The number of carbonyl (C=O) groups excluding carboxylic acids is 3. The predicted molar refractivity (Wildman–Crippen MR) is 83.1 cm³/mol. The summed E-state index contributed by atoms with van der Waals surface area (Å²) in [6.45, 7) is 2.11. The van der Waals surface area contributed by atoms with Crippen LogP contribution in [-0.4, -0.2) is 44.1 Å². The maximum Gasteiger partial charge on any atom is 0.306 e. The molecule has 7 heteroatoms. The maximum atomic E-state index is 12.5. The summed E-state index contributed by atoms with van der Waals surface area (Å²) in [7, 11) is 1.51. The van der Waals surface area contributed by atoms with Gasteiger partial charge in [0.1, 0.15) is 5.75 Å². The number of hydrogen-bond acceptors (Lipinski definition) is 5. The van der Waals surface area contributed by atoms with Crippen molar-refractivity contribution in [2.45, 2.75) is 25.9 Å². The predicted octanol–water partition coefficient (Wildman–Crippen LogP) is 0.870. The Morgan fingerprint density at radius 1 is 1.30 bits per heavy atom. The molecule has 1 aliphatic rings. The van der Waals surface area contributed by atoms with E-state index in [4.69, 9.17) is 9.47 Å². The number of likely N-dealkylation sites (N-methyl/N-ethyl adjacent to an activating group) is 1. The van der Waals surface area contributed by atoms with Crippen LogP contribution in [0, 0.1) is 0 Å². The minimum absolute atomic E-state index is 0.0108. The van der Waals surface area contributed by atoms with Crippen LogP contribution in [0.4, 0.5) is 5.69 Å². The summed E-state index contributed by atoms with van der Waals surface area (Å²) in [5.74, 6) is -0.493. The Morgan fingerprint density at radius 2 is 2.04 bits per heavy atom. The molecule has 0 saturated heterocycles. The summed E-state index contributed by atoms with van der Waals surface area (Å²) < 4.78 is 10.5. The van der Waals surface area contributed by atoms with E-state index in [1.165, 1.54) is 11.9 Å². The third-order valence-corrected chi connectivity index (χ3v) is 3.46. The monoisotopic (exact) mass is 320 g/mol. The van der Waals surface area contributed by atoms with Crippen molar-refractivity contribution in [1.82, 2.24) is 5.32 Å². The highest BCUT2D eigenvalue weighted by Crippen LogP contribution is 2.33.